The first-order valence-corrected chi connectivity index (χ1v) is 7.35. The standard InChI is InChI=1S/C17H19N3O/c18-15-12-19-11-14(13-7-3-1-4-8-13)16(15)17(21)20-9-5-2-6-10-20/h1,3-4,7-8,11-12H,2,5-6,9-10,18H2. The Morgan fingerprint density at radius 1 is 1.05 bits per heavy atom. The van der Waals surface area contributed by atoms with Gasteiger partial charge in [0.15, 0.2) is 0 Å². The van der Waals surface area contributed by atoms with Gasteiger partial charge in [-0.15, -0.1) is 0 Å². The van der Waals surface area contributed by atoms with Crippen molar-refractivity contribution in [2.45, 2.75) is 19.3 Å². The van der Waals surface area contributed by atoms with Crippen LogP contribution in [0, 0.1) is 0 Å². The molecule has 0 atom stereocenters. The van der Waals surface area contributed by atoms with Gasteiger partial charge in [-0.05, 0) is 24.8 Å². The molecule has 4 nitrogen and oxygen atoms in total. The first-order valence-electron chi connectivity index (χ1n) is 7.35. The van der Waals surface area contributed by atoms with Crippen molar-refractivity contribution in [3.8, 4) is 11.1 Å². The average molecular weight is 281 g/mol. The molecular weight excluding hydrogens is 262 g/mol. The third-order valence-corrected chi connectivity index (χ3v) is 3.92. The monoisotopic (exact) mass is 281 g/mol. The van der Waals surface area contributed by atoms with E-state index in [9.17, 15) is 4.79 Å². The average Bonchev–Trinajstić information content (AvgIpc) is 2.55. The lowest BCUT2D eigenvalue weighted by atomic mass is 9.99. The van der Waals surface area contributed by atoms with Crippen LogP contribution >= 0.6 is 0 Å². The molecule has 3 rings (SSSR count). The number of nitrogens with two attached hydrogens (primary N) is 1. The van der Waals surface area contributed by atoms with E-state index in [0.717, 1.165) is 37.1 Å². The summed E-state index contributed by atoms with van der Waals surface area (Å²) in [5, 5.41) is 0. The lowest BCUT2D eigenvalue weighted by molar-refractivity contribution is 0.0726. The second-order valence-corrected chi connectivity index (χ2v) is 5.37. The van der Waals surface area contributed by atoms with E-state index in [2.05, 4.69) is 4.98 Å². The number of pyridine rings is 1. The van der Waals surface area contributed by atoms with Gasteiger partial charge in [0.1, 0.15) is 0 Å². The molecule has 1 aliphatic heterocycles. The van der Waals surface area contributed by atoms with Gasteiger partial charge in [-0.3, -0.25) is 9.78 Å². The van der Waals surface area contributed by atoms with Crippen molar-refractivity contribution in [1.29, 1.82) is 0 Å². The molecule has 0 unspecified atom stereocenters. The third kappa shape index (κ3) is 2.75. The van der Waals surface area contributed by atoms with Crippen LogP contribution in [-0.2, 0) is 0 Å². The zero-order valence-electron chi connectivity index (χ0n) is 12.0. The van der Waals surface area contributed by atoms with Crippen molar-refractivity contribution in [1.82, 2.24) is 9.88 Å². The Morgan fingerprint density at radius 3 is 2.48 bits per heavy atom. The summed E-state index contributed by atoms with van der Waals surface area (Å²) in [6, 6.07) is 9.81. The van der Waals surface area contributed by atoms with E-state index >= 15 is 0 Å². The molecule has 1 aliphatic rings. The highest BCUT2D eigenvalue weighted by atomic mass is 16.2. The first-order chi connectivity index (χ1) is 10.3. The zero-order chi connectivity index (χ0) is 14.7. The lowest BCUT2D eigenvalue weighted by Crippen LogP contribution is -2.36. The second kappa shape index (κ2) is 5.95. The number of benzene rings is 1. The molecule has 2 N–H and O–H groups in total. The highest BCUT2D eigenvalue weighted by molar-refractivity contribution is 6.05. The van der Waals surface area contributed by atoms with Gasteiger partial charge in [0.2, 0.25) is 0 Å². The van der Waals surface area contributed by atoms with Gasteiger partial charge in [-0.25, -0.2) is 0 Å². The number of hydrogen-bond donors (Lipinski definition) is 1. The highest BCUT2D eigenvalue weighted by Crippen LogP contribution is 2.28. The Morgan fingerprint density at radius 2 is 1.76 bits per heavy atom. The molecule has 0 radical (unpaired) electrons. The van der Waals surface area contributed by atoms with Crippen LogP contribution in [0.5, 0.6) is 0 Å². The maximum Gasteiger partial charge on any atom is 0.256 e. The normalized spacial score (nSPS) is 15.0. The van der Waals surface area contributed by atoms with Gasteiger partial charge in [-0.2, -0.15) is 0 Å². The number of carbonyl (C=O) groups excluding carboxylic acids is 1. The molecule has 4 heteroatoms. The number of carbonyl (C=O) groups is 1. The molecule has 0 spiro atoms. The predicted molar refractivity (Wildman–Crippen MR) is 83.8 cm³/mol. The fraction of sp³-hybridized carbons (Fsp3) is 0.294. The quantitative estimate of drug-likeness (QED) is 0.920. The first kappa shape index (κ1) is 13.6. The Balaban J connectivity index is 2.03. The van der Waals surface area contributed by atoms with Crippen LogP contribution in [0.1, 0.15) is 29.6 Å². The van der Waals surface area contributed by atoms with E-state index in [0.29, 0.717) is 11.3 Å². The van der Waals surface area contributed by atoms with Crippen molar-refractivity contribution in [3.63, 3.8) is 0 Å². The molecule has 0 aliphatic carbocycles. The Bertz CT molecular complexity index is 634. The van der Waals surface area contributed by atoms with Crippen LogP contribution in [0.15, 0.2) is 42.7 Å². The van der Waals surface area contributed by atoms with Gasteiger partial charge in [-0.1, -0.05) is 30.3 Å². The number of nitrogen functional groups attached to an aromatic ring is 1. The van der Waals surface area contributed by atoms with E-state index in [1.54, 1.807) is 12.4 Å². The SMILES string of the molecule is Nc1cncc(-c2ccccc2)c1C(=O)N1CCCCC1. The van der Waals surface area contributed by atoms with E-state index < -0.39 is 0 Å². The van der Waals surface area contributed by atoms with Crippen LogP contribution in [-0.4, -0.2) is 28.9 Å². The van der Waals surface area contributed by atoms with E-state index in [4.69, 9.17) is 5.73 Å². The number of rotatable bonds is 2. The van der Waals surface area contributed by atoms with Crippen LogP contribution in [0.25, 0.3) is 11.1 Å². The number of hydrogen-bond acceptors (Lipinski definition) is 3. The molecule has 1 fully saturated rings. The number of amides is 1. The molecule has 1 aromatic carbocycles. The van der Waals surface area contributed by atoms with Crippen molar-refractivity contribution in [3.05, 3.63) is 48.3 Å². The van der Waals surface area contributed by atoms with E-state index in [-0.39, 0.29) is 5.91 Å². The highest BCUT2D eigenvalue weighted by Gasteiger charge is 2.23. The van der Waals surface area contributed by atoms with Crippen molar-refractivity contribution in [2.75, 3.05) is 18.8 Å². The summed E-state index contributed by atoms with van der Waals surface area (Å²) in [7, 11) is 0. The second-order valence-electron chi connectivity index (χ2n) is 5.37. The van der Waals surface area contributed by atoms with Crippen molar-refractivity contribution < 1.29 is 4.79 Å². The number of aromatic nitrogens is 1. The summed E-state index contributed by atoms with van der Waals surface area (Å²) < 4.78 is 0. The summed E-state index contributed by atoms with van der Waals surface area (Å²) in [4.78, 5) is 18.9. The molecule has 0 bridgehead atoms. The number of anilines is 1. The molecule has 2 aromatic rings. The van der Waals surface area contributed by atoms with E-state index in [1.165, 1.54) is 6.42 Å². The van der Waals surface area contributed by atoms with Gasteiger partial charge in [0, 0.05) is 24.8 Å². The fourth-order valence-electron chi connectivity index (χ4n) is 2.81. The maximum absolute atomic E-state index is 12.8. The van der Waals surface area contributed by atoms with Crippen molar-refractivity contribution in [2.24, 2.45) is 0 Å². The predicted octanol–water partition coefficient (Wildman–Crippen LogP) is 2.96. The minimum atomic E-state index is 0.0217. The van der Waals surface area contributed by atoms with Gasteiger partial charge < -0.3 is 10.6 Å². The molecule has 21 heavy (non-hydrogen) atoms. The topological polar surface area (TPSA) is 59.2 Å². The number of piperidine rings is 1. The van der Waals surface area contributed by atoms with Gasteiger partial charge >= 0.3 is 0 Å². The van der Waals surface area contributed by atoms with Gasteiger partial charge in [0.05, 0.1) is 17.4 Å². The Kier molecular flexibility index (Phi) is 3.86. The van der Waals surface area contributed by atoms with Crippen LogP contribution in [0.2, 0.25) is 0 Å². The molecule has 1 amide bonds. The summed E-state index contributed by atoms with van der Waals surface area (Å²) in [5.74, 6) is 0.0217. The molecule has 1 aromatic heterocycles. The minimum absolute atomic E-state index is 0.0217. The zero-order valence-corrected chi connectivity index (χ0v) is 12.0. The van der Waals surface area contributed by atoms with Crippen molar-refractivity contribution >= 4 is 11.6 Å². The molecule has 108 valence electrons. The molecule has 0 saturated carbocycles. The summed E-state index contributed by atoms with van der Waals surface area (Å²) in [6.45, 7) is 1.63. The third-order valence-electron chi connectivity index (χ3n) is 3.92. The lowest BCUT2D eigenvalue weighted by Gasteiger charge is -2.28. The smallest absolute Gasteiger partial charge is 0.256 e. The summed E-state index contributed by atoms with van der Waals surface area (Å²) in [5.41, 5.74) is 8.87. The largest absolute Gasteiger partial charge is 0.397 e. The Labute approximate surface area is 124 Å². The summed E-state index contributed by atoms with van der Waals surface area (Å²) in [6.07, 6.45) is 6.61. The Hall–Kier alpha value is -2.36. The van der Waals surface area contributed by atoms with Gasteiger partial charge in [0.25, 0.3) is 5.91 Å². The molecule has 1 saturated heterocycles. The van der Waals surface area contributed by atoms with E-state index in [1.807, 2.05) is 35.2 Å². The number of nitrogens with zero attached hydrogens (tertiary/aromatic N) is 2. The molecular formula is C17H19N3O. The van der Waals surface area contributed by atoms with Crippen LogP contribution in [0.3, 0.4) is 0 Å². The minimum Gasteiger partial charge on any atom is -0.397 e. The molecule has 2 heterocycles. The maximum atomic E-state index is 12.8. The number of likely N-dealkylation sites (tertiary alicyclic amines) is 1. The van der Waals surface area contributed by atoms with Crippen LogP contribution < -0.4 is 5.73 Å². The fourth-order valence-corrected chi connectivity index (χ4v) is 2.81. The van der Waals surface area contributed by atoms with Crippen LogP contribution in [0.4, 0.5) is 5.69 Å². The summed E-state index contributed by atoms with van der Waals surface area (Å²) >= 11 is 0.